The Morgan fingerprint density at radius 2 is 0.849 bits per heavy atom. The fraction of sp³-hybridized carbons (Fsp3) is 0.873. The van der Waals surface area contributed by atoms with E-state index in [4.69, 9.17) is 29.6 Å². The Labute approximate surface area is 456 Å². The molecule has 0 heterocycles. The molecule has 73 heavy (non-hydrogen) atoms. The molecule has 0 aliphatic heterocycles. The highest BCUT2D eigenvalue weighted by molar-refractivity contribution is 6.74. The van der Waals surface area contributed by atoms with E-state index in [2.05, 4.69) is 92.5 Å². The Morgan fingerprint density at radius 1 is 0.521 bits per heavy atom. The number of ether oxygens (including phenoxy) is 3. The lowest BCUT2D eigenvalue weighted by atomic mass is 10.0. The van der Waals surface area contributed by atoms with Gasteiger partial charge in [0.2, 0.25) is 5.69 Å². The Bertz CT molecular complexity index is 1490. The number of hydrogen-bond donors (Lipinski definition) is 1. The van der Waals surface area contributed by atoms with E-state index in [0.717, 1.165) is 25.0 Å². The zero-order valence-corrected chi connectivity index (χ0v) is 52.6. The second-order valence-corrected chi connectivity index (χ2v) is 34.3. The highest BCUT2D eigenvalue weighted by Gasteiger charge is 2.38. The van der Waals surface area contributed by atoms with Crippen LogP contribution >= 0.6 is 0 Å². The van der Waals surface area contributed by atoms with Crippen molar-refractivity contribution in [2.45, 2.75) is 316 Å². The van der Waals surface area contributed by atoms with Gasteiger partial charge in [-0.3, -0.25) is 0 Å². The van der Waals surface area contributed by atoms with Gasteiger partial charge in [-0.05, 0) is 68.2 Å². The van der Waals surface area contributed by atoms with Crippen molar-refractivity contribution >= 4 is 22.3 Å². The topological polar surface area (TPSA) is 94.5 Å². The van der Waals surface area contributed by atoms with Gasteiger partial charge in [0.25, 0.3) is 0 Å². The van der Waals surface area contributed by atoms with Crippen LogP contribution in [0.25, 0.3) is 4.85 Å². The SMILES string of the molecule is CCCCCCCCCCCCCCCCCCOC[C@@H](O)CO[Si](C)(C)C(C)(C)C.[C-]#[N+]c1cc(C)cc(C#N)c1O[C@H](COCCCCCCCCCCCCCCCCCC)CO[Si](C)(C)C(C)(C)C. The second-order valence-electron chi connectivity index (χ2n) is 24.7. The number of unbranched alkanes of at least 4 members (excludes halogenated alkanes) is 30. The van der Waals surface area contributed by atoms with Gasteiger partial charge >= 0.3 is 0 Å². The highest BCUT2D eigenvalue weighted by atomic mass is 28.4. The van der Waals surface area contributed by atoms with Gasteiger partial charge < -0.3 is 28.2 Å². The third-order valence-corrected chi connectivity index (χ3v) is 24.5. The predicted molar refractivity (Wildman–Crippen MR) is 320 cm³/mol. The molecule has 1 aromatic carbocycles. The van der Waals surface area contributed by atoms with Crippen LogP contribution in [-0.4, -0.2) is 73.6 Å². The van der Waals surface area contributed by atoms with Crippen LogP contribution < -0.4 is 4.74 Å². The molecular weight excluding hydrogens is 937 g/mol. The van der Waals surface area contributed by atoms with Crippen LogP contribution in [0.3, 0.4) is 0 Å². The fourth-order valence-corrected chi connectivity index (χ4v) is 10.4. The molecule has 0 bridgehead atoms. The van der Waals surface area contributed by atoms with E-state index in [0.29, 0.717) is 50.0 Å². The van der Waals surface area contributed by atoms with E-state index < -0.39 is 22.7 Å². The van der Waals surface area contributed by atoms with Crippen molar-refractivity contribution in [3.63, 3.8) is 0 Å². The molecule has 10 heteroatoms. The second kappa shape index (κ2) is 44.2. The summed E-state index contributed by atoms with van der Waals surface area (Å²) < 4.78 is 30.5. The number of hydrogen-bond acceptors (Lipinski definition) is 7. The van der Waals surface area contributed by atoms with E-state index in [-0.39, 0.29) is 16.2 Å². The Kier molecular flexibility index (Phi) is 43.2. The number of aliphatic hydroxyl groups excluding tert-OH is 1. The minimum absolute atomic E-state index is 0.0787. The van der Waals surface area contributed by atoms with Crippen LogP contribution in [0.1, 0.15) is 272 Å². The molecule has 0 saturated heterocycles. The van der Waals surface area contributed by atoms with Crippen molar-refractivity contribution < 1.29 is 28.2 Å². The third-order valence-electron chi connectivity index (χ3n) is 15.5. The third kappa shape index (κ3) is 38.4. The zero-order chi connectivity index (χ0) is 54.7. The van der Waals surface area contributed by atoms with Gasteiger partial charge in [-0.1, -0.05) is 254 Å². The molecule has 0 aliphatic carbocycles. The van der Waals surface area contributed by atoms with Crippen molar-refractivity contribution in [1.29, 1.82) is 5.26 Å². The predicted octanol–water partition coefficient (Wildman–Crippen LogP) is 20.1. The molecule has 1 aromatic rings. The lowest BCUT2D eigenvalue weighted by Gasteiger charge is -2.37. The molecule has 0 unspecified atom stereocenters. The van der Waals surface area contributed by atoms with Crippen LogP contribution in [0.5, 0.6) is 5.75 Å². The molecule has 1 rings (SSSR count). The summed E-state index contributed by atoms with van der Waals surface area (Å²) in [5, 5.41) is 20.0. The summed E-state index contributed by atoms with van der Waals surface area (Å²) in [6.07, 6.45) is 42.9. The average Bonchev–Trinajstić information content (AvgIpc) is 3.33. The Hall–Kier alpha value is -1.77. The Balaban J connectivity index is 0.00000149. The van der Waals surface area contributed by atoms with Crippen molar-refractivity contribution in [2.24, 2.45) is 0 Å². The summed E-state index contributed by atoms with van der Waals surface area (Å²) in [6, 6.07) is 5.74. The molecule has 8 nitrogen and oxygen atoms in total. The van der Waals surface area contributed by atoms with Crippen LogP contribution in [0.15, 0.2) is 12.1 Å². The first-order valence-electron chi connectivity index (χ1n) is 30.5. The van der Waals surface area contributed by atoms with E-state index in [1.165, 1.54) is 193 Å². The maximum Gasteiger partial charge on any atom is 0.229 e. The lowest BCUT2D eigenvalue weighted by molar-refractivity contribution is 0.00808. The van der Waals surface area contributed by atoms with Crippen LogP contribution in [0.4, 0.5) is 5.69 Å². The smallest absolute Gasteiger partial charge is 0.229 e. The maximum absolute atomic E-state index is 10.1. The summed E-state index contributed by atoms with van der Waals surface area (Å²) in [7, 11) is -3.77. The van der Waals surface area contributed by atoms with Gasteiger partial charge in [0.15, 0.2) is 16.6 Å². The van der Waals surface area contributed by atoms with Crippen LogP contribution in [0, 0.1) is 24.8 Å². The largest absolute Gasteiger partial charge is 0.495 e. The van der Waals surface area contributed by atoms with Crippen LogP contribution in [0.2, 0.25) is 36.3 Å². The first kappa shape index (κ1) is 71.2. The van der Waals surface area contributed by atoms with E-state index in [1.807, 2.05) is 6.92 Å². The first-order chi connectivity index (χ1) is 34.8. The molecule has 0 fully saturated rings. The molecule has 0 spiro atoms. The standard InChI is InChI=1S/C36H62N2O3Si.C27H58O3Si/c1-9-10-11-12-13-14-15-16-17-18-19-20-21-22-23-24-25-39-29-33(30-40-42(7,8)36(3,4)5)41-35-32(28-37)26-31(2)27-34(35)38-6;1-7-8-9-10-11-12-13-14-15-16-17-18-19-20-21-22-23-29-24-26(28)25-30-31(5,6)27(2,3)4/h26-27,33H,9-25,29-30H2,1-5,7-8H3;26,28H,7-25H2,1-6H3/t33-;26-/m11/s1. The molecule has 2 atom stereocenters. The number of benzene rings is 1. The number of aliphatic hydroxyl groups is 1. The van der Waals surface area contributed by atoms with Crippen molar-refractivity contribution in [3.8, 4) is 11.8 Å². The summed E-state index contributed by atoms with van der Waals surface area (Å²) >= 11 is 0. The monoisotopic (exact) mass is 1060 g/mol. The minimum Gasteiger partial charge on any atom is -0.495 e. The van der Waals surface area contributed by atoms with Gasteiger partial charge in [-0.2, -0.15) is 5.26 Å². The van der Waals surface area contributed by atoms with Gasteiger partial charge in [0.1, 0.15) is 17.9 Å². The van der Waals surface area contributed by atoms with Gasteiger partial charge in [-0.15, -0.1) is 0 Å². The highest BCUT2D eigenvalue weighted by Crippen LogP contribution is 2.38. The summed E-state index contributed by atoms with van der Waals surface area (Å²) in [6.45, 7) is 39.3. The van der Waals surface area contributed by atoms with Gasteiger partial charge in [0.05, 0.1) is 44.7 Å². The molecule has 0 amide bonds. The van der Waals surface area contributed by atoms with Crippen molar-refractivity contribution in [1.82, 2.24) is 0 Å². The number of aryl methyl sites for hydroxylation is 1. The molecule has 0 aromatic heterocycles. The molecule has 426 valence electrons. The van der Waals surface area contributed by atoms with Crippen LogP contribution in [-0.2, 0) is 18.3 Å². The molecule has 0 saturated carbocycles. The quantitative estimate of drug-likeness (QED) is 0.0395. The van der Waals surface area contributed by atoms with Gasteiger partial charge in [-0.25, -0.2) is 4.85 Å². The summed E-state index contributed by atoms with van der Waals surface area (Å²) in [5.74, 6) is 0.341. The molecule has 1 N–H and O–H groups in total. The Morgan fingerprint density at radius 3 is 1.18 bits per heavy atom. The van der Waals surface area contributed by atoms with E-state index >= 15 is 0 Å². The summed E-state index contributed by atoms with van der Waals surface area (Å²) in [5.41, 5.74) is 1.62. The van der Waals surface area contributed by atoms with Crippen molar-refractivity contribution in [2.75, 3.05) is 39.6 Å². The van der Waals surface area contributed by atoms with E-state index in [1.54, 1.807) is 12.1 Å². The number of nitrogens with zero attached hydrogens (tertiary/aromatic N) is 2. The summed E-state index contributed by atoms with van der Waals surface area (Å²) in [4.78, 5) is 3.63. The van der Waals surface area contributed by atoms with Gasteiger partial charge in [0, 0.05) is 13.2 Å². The number of nitriles is 1. The zero-order valence-electron chi connectivity index (χ0n) is 50.6. The molecule has 0 radical (unpaired) electrons. The normalized spacial score (nSPS) is 13.0. The lowest BCUT2D eigenvalue weighted by Crippen LogP contribution is -2.44. The number of rotatable bonds is 46. The molecule has 0 aliphatic rings. The van der Waals surface area contributed by atoms with Crippen molar-refractivity contribution in [3.05, 3.63) is 34.7 Å². The average molecular weight is 1060 g/mol. The van der Waals surface area contributed by atoms with E-state index in [9.17, 15) is 10.4 Å². The molecular formula is C63H120N2O6Si2. The minimum atomic E-state index is -1.99. The maximum atomic E-state index is 10.1. The fourth-order valence-electron chi connectivity index (χ4n) is 8.35. The first-order valence-corrected chi connectivity index (χ1v) is 36.3.